The first-order valence-corrected chi connectivity index (χ1v) is 9.16. The van der Waals surface area contributed by atoms with Crippen LogP contribution < -0.4 is 14.8 Å². The molecule has 0 saturated heterocycles. The number of hydrogen-bond donors (Lipinski definition) is 1. The fourth-order valence-corrected chi connectivity index (χ4v) is 3.91. The molecule has 1 N–H and O–H groups in total. The van der Waals surface area contributed by atoms with Crippen molar-refractivity contribution in [1.82, 2.24) is 5.32 Å². The summed E-state index contributed by atoms with van der Waals surface area (Å²) in [6.07, 6.45) is 3.04. The number of rotatable bonds is 6. The summed E-state index contributed by atoms with van der Waals surface area (Å²) in [4.78, 5) is 11.2. The Morgan fingerprint density at radius 2 is 1.77 bits per heavy atom. The molecule has 0 bridgehead atoms. The average Bonchev–Trinajstić information content (AvgIpc) is 2.67. The molecule has 0 radical (unpaired) electrons. The van der Waals surface area contributed by atoms with Gasteiger partial charge in [0.1, 0.15) is 11.5 Å². The van der Waals surface area contributed by atoms with Crippen molar-refractivity contribution in [3.8, 4) is 11.5 Å². The van der Waals surface area contributed by atoms with Crippen LogP contribution in [0.5, 0.6) is 11.5 Å². The summed E-state index contributed by atoms with van der Waals surface area (Å²) in [6.45, 7) is 2.27. The molecule has 0 aromatic heterocycles. The van der Waals surface area contributed by atoms with Crippen LogP contribution in [0, 0.1) is 0 Å². The van der Waals surface area contributed by atoms with Crippen molar-refractivity contribution < 1.29 is 14.3 Å². The SMILES string of the molecule is COc1ccc(C2Cc3ccc(OC)cc3C(CCNC(C)=O)C2)cc1. The highest BCUT2D eigenvalue weighted by Gasteiger charge is 2.28. The van der Waals surface area contributed by atoms with Crippen LogP contribution in [-0.2, 0) is 11.2 Å². The number of amides is 1. The lowest BCUT2D eigenvalue weighted by molar-refractivity contribution is -0.118. The van der Waals surface area contributed by atoms with Gasteiger partial charge in [-0.3, -0.25) is 4.79 Å². The van der Waals surface area contributed by atoms with Crippen molar-refractivity contribution >= 4 is 5.91 Å². The number of methoxy groups -OCH3 is 2. The van der Waals surface area contributed by atoms with Crippen molar-refractivity contribution in [1.29, 1.82) is 0 Å². The molecule has 0 saturated carbocycles. The number of fused-ring (bicyclic) bond motifs is 1. The van der Waals surface area contributed by atoms with Crippen LogP contribution in [0.25, 0.3) is 0 Å². The number of carbonyl (C=O) groups is 1. The Balaban J connectivity index is 1.84. The van der Waals surface area contributed by atoms with E-state index in [2.05, 4.69) is 29.6 Å². The van der Waals surface area contributed by atoms with Crippen LogP contribution in [0.2, 0.25) is 0 Å². The van der Waals surface area contributed by atoms with E-state index in [1.807, 2.05) is 18.2 Å². The summed E-state index contributed by atoms with van der Waals surface area (Å²) in [6, 6.07) is 14.8. The summed E-state index contributed by atoms with van der Waals surface area (Å²) in [7, 11) is 3.40. The van der Waals surface area contributed by atoms with Gasteiger partial charge in [-0.1, -0.05) is 18.2 Å². The van der Waals surface area contributed by atoms with E-state index in [9.17, 15) is 4.79 Å². The Bertz CT molecular complexity index is 754. The Labute approximate surface area is 155 Å². The zero-order valence-corrected chi connectivity index (χ0v) is 15.7. The second-order valence-electron chi connectivity index (χ2n) is 6.94. The van der Waals surface area contributed by atoms with E-state index in [0.717, 1.165) is 30.8 Å². The van der Waals surface area contributed by atoms with Gasteiger partial charge in [0.25, 0.3) is 0 Å². The molecule has 2 unspecified atom stereocenters. The number of ether oxygens (including phenoxy) is 2. The van der Waals surface area contributed by atoms with Gasteiger partial charge in [-0.25, -0.2) is 0 Å². The molecule has 2 atom stereocenters. The number of carbonyl (C=O) groups excluding carboxylic acids is 1. The van der Waals surface area contributed by atoms with Crippen molar-refractivity contribution in [2.75, 3.05) is 20.8 Å². The quantitative estimate of drug-likeness (QED) is 0.852. The Kier molecular flexibility index (Phi) is 5.82. The molecule has 2 aromatic carbocycles. The van der Waals surface area contributed by atoms with E-state index >= 15 is 0 Å². The fourth-order valence-electron chi connectivity index (χ4n) is 3.91. The Morgan fingerprint density at radius 1 is 1.08 bits per heavy atom. The summed E-state index contributed by atoms with van der Waals surface area (Å²) < 4.78 is 10.7. The minimum atomic E-state index is 0.0263. The third kappa shape index (κ3) is 4.18. The van der Waals surface area contributed by atoms with Gasteiger partial charge in [0, 0.05) is 13.5 Å². The van der Waals surface area contributed by atoms with Crippen molar-refractivity contribution in [3.63, 3.8) is 0 Å². The lowest BCUT2D eigenvalue weighted by Gasteiger charge is -2.32. The van der Waals surface area contributed by atoms with Gasteiger partial charge in [-0.15, -0.1) is 0 Å². The zero-order valence-electron chi connectivity index (χ0n) is 15.7. The minimum absolute atomic E-state index is 0.0263. The van der Waals surface area contributed by atoms with Crippen LogP contribution >= 0.6 is 0 Å². The van der Waals surface area contributed by atoms with Gasteiger partial charge >= 0.3 is 0 Å². The second kappa shape index (κ2) is 8.26. The van der Waals surface area contributed by atoms with Crippen LogP contribution in [0.4, 0.5) is 0 Å². The van der Waals surface area contributed by atoms with Gasteiger partial charge in [0.15, 0.2) is 0 Å². The van der Waals surface area contributed by atoms with E-state index in [-0.39, 0.29) is 5.91 Å². The predicted octanol–water partition coefficient (Wildman–Crippen LogP) is 4.04. The van der Waals surface area contributed by atoms with Gasteiger partial charge in [0.2, 0.25) is 5.91 Å². The minimum Gasteiger partial charge on any atom is -0.497 e. The van der Waals surface area contributed by atoms with E-state index in [4.69, 9.17) is 9.47 Å². The van der Waals surface area contributed by atoms with E-state index in [1.54, 1.807) is 21.1 Å². The van der Waals surface area contributed by atoms with Gasteiger partial charge in [-0.2, -0.15) is 0 Å². The zero-order chi connectivity index (χ0) is 18.5. The molecule has 0 heterocycles. The molecule has 4 heteroatoms. The summed E-state index contributed by atoms with van der Waals surface area (Å²) in [5, 5.41) is 2.94. The van der Waals surface area contributed by atoms with Crippen molar-refractivity contribution in [2.24, 2.45) is 0 Å². The van der Waals surface area contributed by atoms with Crippen LogP contribution in [0.3, 0.4) is 0 Å². The molecule has 0 fully saturated rings. The molecule has 26 heavy (non-hydrogen) atoms. The van der Waals surface area contributed by atoms with Crippen molar-refractivity contribution in [3.05, 3.63) is 59.2 Å². The number of benzene rings is 2. The molecule has 2 aromatic rings. The molecule has 1 aliphatic carbocycles. The lowest BCUT2D eigenvalue weighted by Crippen LogP contribution is -2.25. The number of nitrogens with one attached hydrogen (secondary N) is 1. The maximum atomic E-state index is 11.2. The van der Waals surface area contributed by atoms with Gasteiger partial charge in [0.05, 0.1) is 14.2 Å². The smallest absolute Gasteiger partial charge is 0.216 e. The van der Waals surface area contributed by atoms with Crippen LogP contribution in [0.15, 0.2) is 42.5 Å². The van der Waals surface area contributed by atoms with Crippen molar-refractivity contribution in [2.45, 2.75) is 38.0 Å². The molecule has 4 nitrogen and oxygen atoms in total. The largest absolute Gasteiger partial charge is 0.497 e. The molecule has 0 spiro atoms. The molecule has 0 aliphatic heterocycles. The third-order valence-electron chi connectivity index (χ3n) is 5.28. The standard InChI is InChI=1S/C22H27NO3/c1-15(24)23-11-10-18-13-19(16-4-7-20(25-2)8-5-16)12-17-6-9-21(26-3)14-22(17)18/h4-9,14,18-19H,10-13H2,1-3H3,(H,23,24). The highest BCUT2D eigenvalue weighted by atomic mass is 16.5. The normalized spacial score (nSPS) is 18.7. The molecular formula is C22H27NO3. The first kappa shape index (κ1) is 18.3. The third-order valence-corrected chi connectivity index (χ3v) is 5.28. The molecule has 3 rings (SSSR count). The van der Waals surface area contributed by atoms with Crippen LogP contribution in [-0.4, -0.2) is 26.7 Å². The average molecular weight is 353 g/mol. The van der Waals surface area contributed by atoms with E-state index in [1.165, 1.54) is 16.7 Å². The fraction of sp³-hybridized carbons (Fsp3) is 0.409. The highest BCUT2D eigenvalue weighted by Crippen LogP contribution is 2.42. The van der Waals surface area contributed by atoms with Gasteiger partial charge < -0.3 is 14.8 Å². The maximum Gasteiger partial charge on any atom is 0.216 e. The summed E-state index contributed by atoms with van der Waals surface area (Å²) in [5.74, 6) is 2.70. The Hall–Kier alpha value is -2.49. The van der Waals surface area contributed by atoms with E-state index < -0.39 is 0 Å². The maximum absolute atomic E-state index is 11.2. The molecule has 138 valence electrons. The first-order valence-electron chi connectivity index (χ1n) is 9.16. The molecule has 1 amide bonds. The topological polar surface area (TPSA) is 47.6 Å². The second-order valence-corrected chi connectivity index (χ2v) is 6.94. The lowest BCUT2D eigenvalue weighted by atomic mass is 9.73. The molecular weight excluding hydrogens is 326 g/mol. The highest BCUT2D eigenvalue weighted by molar-refractivity contribution is 5.72. The molecule has 1 aliphatic rings. The monoisotopic (exact) mass is 353 g/mol. The Morgan fingerprint density at radius 3 is 2.42 bits per heavy atom. The summed E-state index contributed by atoms with van der Waals surface area (Å²) >= 11 is 0. The predicted molar refractivity (Wildman–Crippen MR) is 103 cm³/mol. The first-order chi connectivity index (χ1) is 12.6. The van der Waals surface area contributed by atoms with Crippen LogP contribution in [0.1, 0.15) is 48.3 Å². The van der Waals surface area contributed by atoms with Gasteiger partial charge in [-0.05, 0) is 72.1 Å². The number of hydrogen-bond acceptors (Lipinski definition) is 3. The van der Waals surface area contributed by atoms with E-state index in [0.29, 0.717) is 18.4 Å². The summed E-state index contributed by atoms with van der Waals surface area (Å²) in [5.41, 5.74) is 4.09.